The molecule has 0 saturated carbocycles. The number of morpholine rings is 1. The van der Waals surface area contributed by atoms with Crippen LogP contribution in [0.3, 0.4) is 0 Å². The van der Waals surface area contributed by atoms with E-state index in [0.717, 1.165) is 16.6 Å². The second-order valence-electron chi connectivity index (χ2n) is 4.31. The zero-order valence-electron chi connectivity index (χ0n) is 10.4. The molecule has 2 rings (SSSR count). The molecule has 4 nitrogen and oxygen atoms in total. The predicted molar refractivity (Wildman–Crippen MR) is 73.7 cm³/mol. The van der Waals surface area contributed by atoms with Crippen molar-refractivity contribution in [1.29, 1.82) is 0 Å². The fourth-order valence-corrected chi connectivity index (χ4v) is 2.46. The minimum Gasteiger partial charge on any atom is -0.373 e. The van der Waals surface area contributed by atoms with Crippen LogP contribution in [0.2, 0.25) is 0 Å². The molecule has 5 heteroatoms. The summed E-state index contributed by atoms with van der Waals surface area (Å²) in [4.78, 5) is 14.2. The number of likely N-dealkylation sites (N-methyl/N-ethyl adjacent to an activating group) is 1. The first-order valence-corrected chi connectivity index (χ1v) is 6.81. The Balaban J connectivity index is 2.04. The smallest absolute Gasteiger partial charge is 0.254 e. The number of halogens is 1. The maximum Gasteiger partial charge on any atom is 0.254 e. The highest BCUT2D eigenvalue weighted by Crippen LogP contribution is 2.15. The molecule has 1 aliphatic rings. The van der Waals surface area contributed by atoms with Gasteiger partial charge >= 0.3 is 0 Å². The number of rotatable bonds is 3. The fourth-order valence-electron chi connectivity index (χ4n) is 2.06. The molecule has 1 aromatic rings. The van der Waals surface area contributed by atoms with Crippen LogP contribution in [0, 0.1) is 0 Å². The van der Waals surface area contributed by atoms with Gasteiger partial charge in [0.1, 0.15) is 0 Å². The number of nitrogens with one attached hydrogen (secondary N) is 1. The quantitative estimate of drug-likeness (QED) is 0.920. The van der Waals surface area contributed by atoms with Crippen LogP contribution in [0.5, 0.6) is 0 Å². The summed E-state index contributed by atoms with van der Waals surface area (Å²) in [5, 5.41) is 3.08. The summed E-state index contributed by atoms with van der Waals surface area (Å²) < 4.78 is 6.52. The van der Waals surface area contributed by atoms with Crippen LogP contribution >= 0.6 is 15.9 Å². The molecular weight excluding hydrogens is 296 g/mol. The lowest BCUT2D eigenvalue weighted by atomic mass is 10.1. The lowest BCUT2D eigenvalue weighted by Crippen LogP contribution is -2.48. The van der Waals surface area contributed by atoms with Crippen molar-refractivity contribution < 1.29 is 9.53 Å². The molecule has 1 N–H and O–H groups in total. The molecule has 0 aromatic heterocycles. The van der Waals surface area contributed by atoms with Crippen LogP contribution in [-0.4, -0.2) is 50.2 Å². The maximum atomic E-state index is 12.3. The Bertz CT molecular complexity index is 423. The summed E-state index contributed by atoms with van der Waals surface area (Å²) >= 11 is 3.39. The number of amides is 1. The summed E-state index contributed by atoms with van der Waals surface area (Å²) in [6, 6.07) is 7.49. The van der Waals surface area contributed by atoms with Gasteiger partial charge < -0.3 is 15.0 Å². The van der Waals surface area contributed by atoms with E-state index in [9.17, 15) is 4.79 Å². The standard InChI is InChI=1S/C13H17BrN2O2/c1-15-8-12-9-16(5-6-18-12)13(17)10-3-2-4-11(14)7-10/h2-4,7,12,15H,5-6,8-9H2,1H3. The topological polar surface area (TPSA) is 41.6 Å². The van der Waals surface area contributed by atoms with Crippen molar-refractivity contribution in [3.05, 3.63) is 34.3 Å². The Kier molecular flexibility index (Phi) is 4.74. The molecule has 0 radical (unpaired) electrons. The molecule has 1 unspecified atom stereocenters. The van der Waals surface area contributed by atoms with Crippen molar-refractivity contribution in [1.82, 2.24) is 10.2 Å². The lowest BCUT2D eigenvalue weighted by Gasteiger charge is -2.33. The van der Waals surface area contributed by atoms with Gasteiger partial charge in [-0.1, -0.05) is 22.0 Å². The highest BCUT2D eigenvalue weighted by atomic mass is 79.9. The molecule has 18 heavy (non-hydrogen) atoms. The molecule has 98 valence electrons. The van der Waals surface area contributed by atoms with Gasteiger partial charge in [0.05, 0.1) is 12.7 Å². The van der Waals surface area contributed by atoms with Gasteiger partial charge in [-0.3, -0.25) is 4.79 Å². The molecular formula is C13H17BrN2O2. The van der Waals surface area contributed by atoms with E-state index in [1.165, 1.54) is 0 Å². The van der Waals surface area contributed by atoms with Crippen LogP contribution in [0.1, 0.15) is 10.4 Å². The van der Waals surface area contributed by atoms with E-state index in [1.54, 1.807) is 0 Å². The first kappa shape index (κ1) is 13.5. The second-order valence-corrected chi connectivity index (χ2v) is 5.23. The largest absolute Gasteiger partial charge is 0.373 e. The van der Waals surface area contributed by atoms with Crippen molar-refractivity contribution in [2.75, 3.05) is 33.3 Å². The van der Waals surface area contributed by atoms with E-state index in [2.05, 4.69) is 21.2 Å². The molecule has 1 saturated heterocycles. The van der Waals surface area contributed by atoms with Crippen LogP contribution in [0.15, 0.2) is 28.7 Å². The molecule has 1 atom stereocenters. The number of ether oxygens (including phenoxy) is 1. The maximum absolute atomic E-state index is 12.3. The number of carbonyl (C=O) groups excluding carboxylic acids is 1. The Morgan fingerprint density at radius 3 is 3.17 bits per heavy atom. The van der Waals surface area contributed by atoms with Gasteiger partial charge in [-0.15, -0.1) is 0 Å². The second kappa shape index (κ2) is 6.31. The summed E-state index contributed by atoms with van der Waals surface area (Å²) in [7, 11) is 1.89. The Labute approximate surface area is 115 Å². The Hall–Kier alpha value is -0.910. The molecule has 0 spiro atoms. The van der Waals surface area contributed by atoms with Crippen LogP contribution in [0.4, 0.5) is 0 Å². The van der Waals surface area contributed by atoms with Crippen molar-refractivity contribution in [3.8, 4) is 0 Å². The SMILES string of the molecule is CNCC1CN(C(=O)c2cccc(Br)c2)CCO1. The number of hydrogen-bond acceptors (Lipinski definition) is 3. The molecule has 1 aromatic carbocycles. The summed E-state index contributed by atoms with van der Waals surface area (Å²) in [6.07, 6.45) is 0.0832. The van der Waals surface area contributed by atoms with E-state index in [4.69, 9.17) is 4.74 Å². The molecule has 1 fully saturated rings. The van der Waals surface area contributed by atoms with Crippen molar-refractivity contribution in [2.45, 2.75) is 6.10 Å². The normalized spacial score (nSPS) is 19.9. The Morgan fingerprint density at radius 1 is 1.61 bits per heavy atom. The predicted octanol–water partition coefficient (Wildman–Crippen LogP) is 1.51. The molecule has 0 aliphatic carbocycles. The first-order valence-electron chi connectivity index (χ1n) is 6.01. The molecule has 1 heterocycles. The van der Waals surface area contributed by atoms with E-state index < -0.39 is 0 Å². The highest BCUT2D eigenvalue weighted by Gasteiger charge is 2.24. The fraction of sp³-hybridized carbons (Fsp3) is 0.462. The zero-order chi connectivity index (χ0) is 13.0. The number of benzene rings is 1. The minimum atomic E-state index is 0.0701. The van der Waals surface area contributed by atoms with E-state index in [0.29, 0.717) is 19.7 Å². The molecule has 1 amide bonds. The van der Waals surface area contributed by atoms with Gasteiger partial charge in [0, 0.05) is 29.7 Å². The van der Waals surface area contributed by atoms with E-state index in [-0.39, 0.29) is 12.0 Å². The minimum absolute atomic E-state index is 0.0701. The molecule has 0 bridgehead atoms. The Morgan fingerprint density at radius 2 is 2.44 bits per heavy atom. The first-order chi connectivity index (χ1) is 8.70. The average molecular weight is 313 g/mol. The van der Waals surface area contributed by atoms with Gasteiger partial charge in [-0.05, 0) is 25.2 Å². The third-order valence-corrected chi connectivity index (χ3v) is 3.42. The average Bonchev–Trinajstić information content (AvgIpc) is 2.39. The van der Waals surface area contributed by atoms with Crippen LogP contribution < -0.4 is 5.32 Å². The summed E-state index contributed by atoms with van der Waals surface area (Å²) in [6.45, 7) is 2.67. The number of hydrogen-bond donors (Lipinski definition) is 1. The van der Waals surface area contributed by atoms with Crippen LogP contribution in [0.25, 0.3) is 0 Å². The lowest BCUT2D eigenvalue weighted by molar-refractivity contribution is -0.0196. The van der Waals surface area contributed by atoms with Crippen molar-refractivity contribution in [3.63, 3.8) is 0 Å². The van der Waals surface area contributed by atoms with Crippen molar-refractivity contribution >= 4 is 21.8 Å². The van der Waals surface area contributed by atoms with Gasteiger partial charge in [0.25, 0.3) is 5.91 Å². The summed E-state index contributed by atoms with van der Waals surface area (Å²) in [5.41, 5.74) is 0.717. The van der Waals surface area contributed by atoms with Crippen LogP contribution in [-0.2, 0) is 4.74 Å². The zero-order valence-corrected chi connectivity index (χ0v) is 11.9. The van der Waals surface area contributed by atoms with Crippen molar-refractivity contribution in [2.24, 2.45) is 0 Å². The van der Waals surface area contributed by atoms with Gasteiger partial charge in [0.2, 0.25) is 0 Å². The third kappa shape index (κ3) is 3.31. The number of carbonyl (C=O) groups is 1. The summed E-state index contributed by atoms with van der Waals surface area (Å²) in [5.74, 6) is 0.0701. The monoisotopic (exact) mass is 312 g/mol. The van der Waals surface area contributed by atoms with Gasteiger partial charge in [-0.2, -0.15) is 0 Å². The van der Waals surface area contributed by atoms with E-state index in [1.807, 2.05) is 36.2 Å². The van der Waals surface area contributed by atoms with Gasteiger partial charge in [0.15, 0.2) is 0 Å². The van der Waals surface area contributed by atoms with Gasteiger partial charge in [-0.25, -0.2) is 0 Å². The highest BCUT2D eigenvalue weighted by molar-refractivity contribution is 9.10. The number of nitrogens with zero attached hydrogens (tertiary/aromatic N) is 1. The van der Waals surface area contributed by atoms with E-state index >= 15 is 0 Å². The third-order valence-electron chi connectivity index (χ3n) is 2.93. The molecule has 1 aliphatic heterocycles.